The van der Waals surface area contributed by atoms with Crippen LogP contribution in [0.5, 0.6) is 0 Å². The van der Waals surface area contributed by atoms with Crippen LogP contribution in [0.3, 0.4) is 0 Å². The van der Waals surface area contributed by atoms with E-state index in [-0.39, 0.29) is 12.2 Å². The molecular weight excluding hydrogens is 310 g/mol. The Hall–Kier alpha value is -2.42. The van der Waals surface area contributed by atoms with E-state index in [1.807, 2.05) is 0 Å². The molecule has 126 valence electrons. The molecule has 2 rings (SSSR count). The van der Waals surface area contributed by atoms with Crippen LogP contribution in [0, 0.1) is 6.92 Å². The lowest BCUT2D eigenvalue weighted by Crippen LogP contribution is -2.40. The molecule has 0 spiro atoms. The molecule has 2 amide bonds. The molecule has 2 heterocycles. The summed E-state index contributed by atoms with van der Waals surface area (Å²) in [5.74, 6) is 0.983. The van der Waals surface area contributed by atoms with Crippen LogP contribution in [-0.2, 0) is 12.1 Å². The van der Waals surface area contributed by atoms with Crippen LogP contribution in [0.4, 0.5) is 19.3 Å². The fourth-order valence-corrected chi connectivity index (χ4v) is 1.91. The number of amides is 2. The summed E-state index contributed by atoms with van der Waals surface area (Å²) in [6.45, 7) is 2.62. The molecule has 0 aliphatic heterocycles. The number of rotatable bonds is 6. The van der Waals surface area contributed by atoms with Gasteiger partial charge in [0.05, 0.1) is 18.4 Å². The number of hydrogen-bond donors (Lipinski definition) is 3. The molecule has 0 aromatic carbocycles. The van der Waals surface area contributed by atoms with E-state index in [4.69, 9.17) is 4.42 Å². The maximum atomic E-state index is 12.2. The fourth-order valence-electron chi connectivity index (χ4n) is 1.91. The second-order valence-corrected chi connectivity index (χ2v) is 5.33. The molecular formula is C14H18F2N4O3. The fraction of sp³-hybridized carbons (Fsp3) is 0.429. The van der Waals surface area contributed by atoms with Gasteiger partial charge in [-0.2, -0.15) is 5.10 Å². The van der Waals surface area contributed by atoms with E-state index in [1.54, 1.807) is 19.1 Å². The van der Waals surface area contributed by atoms with Crippen molar-refractivity contribution in [3.05, 3.63) is 36.0 Å². The maximum absolute atomic E-state index is 12.2. The van der Waals surface area contributed by atoms with Gasteiger partial charge >= 0.3 is 6.03 Å². The molecule has 7 nitrogen and oxygen atoms in total. The van der Waals surface area contributed by atoms with Gasteiger partial charge in [0.2, 0.25) is 0 Å². The Balaban J connectivity index is 1.86. The third-order valence-electron chi connectivity index (χ3n) is 3.08. The summed E-state index contributed by atoms with van der Waals surface area (Å²) in [7, 11) is 0. The van der Waals surface area contributed by atoms with E-state index in [9.17, 15) is 18.7 Å². The summed E-state index contributed by atoms with van der Waals surface area (Å²) in [5, 5.41) is 18.9. The lowest BCUT2D eigenvalue weighted by atomic mass is 10.0. The number of aryl methyl sites for hydroxylation is 1. The first kappa shape index (κ1) is 16.9. The smallest absolute Gasteiger partial charge is 0.319 e. The molecule has 0 aliphatic carbocycles. The summed E-state index contributed by atoms with van der Waals surface area (Å²) >= 11 is 0. The summed E-state index contributed by atoms with van der Waals surface area (Å²) in [6, 6.07) is 2.75. The van der Waals surface area contributed by atoms with Crippen LogP contribution in [0.25, 0.3) is 0 Å². The summed E-state index contributed by atoms with van der Waals surface area (Å²) in [6.07, 6.45) is 0.0267. The molecule has 9 heteroatoms. The molecule has 0 radical (unpaired) electrons. The van der Waals surface area contributed by atoms with Gasteiger partial charge in [0.15, 0.2) is 0 Å². The number of aromatic nitrogens is 2. The van der Waals surface area contributed by atoms with Gasteiger partial charge < -0.3 is 20.2 Å². The highest BCUT2D eigenvalue weighted by Crippen LogP contribution is 2.21. The first-order valence-electron chi connectivity index (χ1n) is 6.91. The number of anilines is 1. The van der Waals surface area contributed by atoms with E-state index in [1.165, 1.54) is 19.3 Å². The molecule has 0 bridgehead atoms. The number of hydrogen-bond acceptors (Lipinski definition) is 4. The van der Waals surface area contributed by atoms with Gasteiger partial charge in [0.1, 0.15) is 23.7 Å². The molecule has 3 N–H and O–H groups in total. The van der Waals surface area contributed by atoms with Crippen molar-refractivity contribution in [3.8, 4) is 0 Å². The van der Waals surface area contributed by atoms with Crippen LogP contribution < -0.4 is 10.6 Å². The van der Waals surface area contributed by atoms with Crippen molar-refractivity contribution >= 4 is 11.7 Å². The summed E-state index contributed by atoms with van der Waals surface area (Å²) in [4.78, 5) is 11.8. The standard InChI is InChI=1S/C14H18F2N4O3/c1-9-3-4-11(23-9)14(2,22)8-17-13(21)19-10-5-18-20(6-10)7-12(15)16/h3-6,12,22H,7-8H2,1-2H3,(H2,17,19,21). The minimum atomic E-state index is -2.52. The highest BCUT2D eigenvalue weighted by atomic mass is 19.3. The minimum absolute atomic E-state index is 0.0864. The number of carbonyl (C=O) groups excluding carboxylic acids is 1. The quantitative estimate of drug-likeness (QED) is 0.757. The summed E-state index contributed by atoms with van der Waals surface area (Å²) < 4.78 is 30.8. The Morgan fingerprint density at radius 2 is 2.26 bits per heavy atom. The predicted molar refractivity (Wildman–Crippen MR) is 78.3 cm³/mol. The van der Waals surface area contributed by atoms with Crippen LogP contribution in [-0.4, -0.2) is 33.9 Å². The van der Waals surface area contributed by atoms with Crippen molar-refractivity contribution in [2.45, 2.75) is 32.4 Å². The topological polar surface area (TPSA) is 92.3 Å². The zero-order valence-corrected chi connectivity index (χ0v) is 12.7. The number of urea groups is 1. The lowest BCUT2D eigenvalue weighted by molar-refractivity contribution is 0.0364. The van der Waals surface area contributed by atoms with Crippen molar-refractivity contribution in [2.24, 2.45) is 0 Å². The Kier molecular flexibility index (Phi) is 4.99. The van der Waals surface area contributed by atoms with Crippen molar-refractivity contribution in [1.82, 2.24) is 15.1 Å². The Morgan fingerprint density at radius 3 is 2.87 bits per heavy atom. The normalized spacial score (nSPS) is 13.8. The second kappa shape index (κ2) is 6.78. The zero-order chi connectivity index (χ0) is 17.0. The van der Waals surface area contributed by atoms with Crippen molar-refractivity contribution in [1.29, 1.82) is 0 Å². The van der Waals surface area contributed by atoms with Gasteiger partial charge in [0, 0.05) is 6.20 Å². The van der Waals surface area contributed by atoms with E-state index in [0.717, 1.165) is 4.68 Å². The molecule has 23 heavy (non-hydrogen) atoms. The lowest BCUT2D eigenvalue weighted by Gasteiger charge is -2.21. The van der Waals surface area contributed by atoms with Crippen LogP contribution >= 0.6 is 0 Å². The monoisotopic (exact) mass is 328 g/mol. The third kappa shape index (κ3) is 4.78. The molecule has 1 unspecified atom stereocenters. The molecule has 2 aromatic rings. The maximum Gasteiger partial charge on any atom is 0.319 e. The van der Waals surface area contributed by atoms with Gasteiger partial charge in [0.25, 0.3) is 6.43 Å². The number of nitrogens with one attached hydrogen (secondary N) is 2. The van der Waals surface area contributed by atoms with Gasteiger partial charge in [-0.3, -0.25) is 4.68 Å². The number of alkyl halides is 2. The minimum Gasteiger partial charge on any atom is -0.463 e. The van der Waals surface area contributed by atoms with Crippen molar-refractivity contribution in [2.75, 3.05) is 11.9 Å². The Bertz CT molecular complexity index is 667. The van der Waals surface area contributed by atoms with Crippen LogP contribution in [0.15, 0.2) is 28.9 Å². The number of nitrogens with zero attached hydrogens (tertiary/aromatic N) is 2. The average molecular weight is 328 g/mol. The predicted octanol–water partition coefficient (Wildman–Crippen LogP) is 2.08. The SMILES string of the molecule is Cc1ccc(C(C)(O)CNC(=O)Nc2cnn(CC(F)F)c2)o1. The van der Waals surface area contributed by atoms with Gasteiger partial charge in [-0.15, -0.1) is 0 Å². The van der Waals surface area contributed by atoms with Gasteiger partial charge in [-0.05, 0) is 26.0 Å². The van der Waals surface area contributed by atoms with Crippen LogP contribution in [0.1, 0.15) is 18.4 Å². The van der Waals surface area contributed by atoms with Crippen LogP contribution in [0.2, 0.25) is 0 Å². The summed E-state index contributed by atoms with van der Waals surface area (Å²) in [5.41, 5.74) is -1.09. The van der Waals surface area contributed by atoms with E-state index >= 15 is 0 Å². The molecule has 0 saturated carbocycles. The number of furan rings is 1. The molecule has 0 fully saturated rings. The second-order valence-electron chi connectivity index (χ2n) is 5.33. The largest absolute Gasteiger partial charge is 0.463 e. The third-order valence-corrected chi connectivity index (χ3v) is 3.08. The first-order chi connectivity index (χ1) is 10.8. The Morgan fingerprint density at radius 1 is 1.52 bits per heavy atom. The molecule has 1 atom stereocenters. The van der Waals surface area contributed by atoms with E-state index < -0.39 is 24.6 Å². The molecule has 2 aromatic heterocycles. The average Bonchev–Trinajstić information content (AvgIpc) is 3.06. The molecule has 0 aliphatic rings. The molecule has 0 saturated heterocycles. The van der Waals surface area contributed by atoms with Gasteiger partial charge in [-0.1, -0.05) is 0 Å². The first-order valence-corrected chi connectivity index (χ1v) is 6.91. The highest BCUT2D eigenvalue weighted by molar-refractivity contribution is 5.88. The highest BCUT2D eigenvalue weighted by Gasteiger charge is 2.27. The van der Waals surface area contributed by atoms with E-state index in [2.05, 4.69) is 15.7 Å². The van der Waals surface area contributed by atoms with E-state index in [0.29, 0.717) is 11.5 Å². The zero-order valence-electron chi connectivity index (χ0n) is 12.7. The van der Waals surface area contributed by atoms with Gasteiger partial charge in [-0.25, -0.2) is 13.6 Å². The number of aliphatic hydroxyl groups is 1. The van der Waals surface area contributed by atoms with Crippen molar-refractivity contribution in [3.63, 3.8) is 0 Å². The van der Waals surface area contributed by atoms with Crippen molar-refractivity contribution < 1.29 is 23.1 Å². The number of halogens is 2. The Labute approximate surface area is 131 Å². The number of carbonyl (C=O) groups is 1.